The molecule has 2 N–H and O–H groups in total. The van der Waals surface area contributed by atoms with Gasteiger partial charge in [0.15, 0.2) is 6.61 Å². The van der Waals surface area contributed by atoms with Gasteiger partial charge < -0.3 is 10.1 Å². The van der Waals surface area contributed by atoms with Gasteiger partial charge in [-0.05, 0) is 60.7 Å². The molecule has 6 nitrogen and oxygen atoms in total. The third-order valence-electron chi connectivity index (χ3n) is 3.66. The number of anilines is 2. The molecule has 144 valence electrons. The van der Waals surface area contributed by atoms with E-state index < -0.39 is 15.8 Å². The van der Waals surface area contributed by atoms with Crippen molar-refractivity contribution >= 4 is 27.3 Å². The molecule has 28 heavy (non-hydrogen) atoms. The fraction of sp³-hybridized carbons (Fsp3) is 0.0500. The number of nitrogens with one attached hydrogen (secondary N) is 2. The van der Waals surface area contributed by atoms with Gasteiger partial charge in [0.2, 0.25) is 0 Å². The quantitative estimate of drug-likeness (QED) is 0.634. The molecule has 0 atom stereocenters. The Morgan fingerprint density at radius 2 is 1.46 bits per heavy atom. The molecule has 0 bridgehead atoms. The maximum Gasteiger partial charge on any atom is 0.262 e. The van der Waals surface area contributed by atoms with Crippen LogP contribution < -0.4 is 14.8 Å². The summed E-state index contributed by atoms with van der Waals surface area (Å²) < 4.78 is 45.4. The smallest absolute Gasteiger partial charge is 0.262 e. The van der Waals surface area contributed by atoms with E-state index in [2.05, 4.69) is 10.0 Å². The lowest BCUT2D eigenvalue weighted by molar-refractivity contribution is -0.118. The molecule has 0 unspecified atom stereocenters. The van der Waals surface area contributed by atoms with Crippen molar-refractivity contribution in [2.45, 2.75) is 4.90 Å². The molecular weight excluding hydrogens is 383 g/mol. The summed E-state index contributed by atoms with van der Waals surface area (Å²) in [6.07, 6.45) is 0. The second kappa shape index (κ2) is 8.53. The Kier molecular flexibility index (Phi) is 5.90. The summed E-state index contributed by atoms with van der Waals surface area (Å²) in [6.45, 7) is -0.170. The minimum atomic E-state index is -3.83. The largest absolute Gasteiger partial charge is 0.484 e. The lowest BCUT2D eigenvalue weighted by Crippen LogP contribution is -2.20. The summed E-state index contributed by atoms with van der Waals surface area (Å²) >= 11 is 0. The summed E-state index contributed by atoms with van der Waals surface area (Å²) in [6, 6.07) is 19.6. The molecule has 0 saturated heterocycles. The first-order chi connectivity index (χ1) is 13.4. The van der Waals surface area contributed by atoms with E-state index in [9.17, 15) is 17.6 Å². The van der Waals surface area contributed by atoms with E-state index in [-0.39, 0.29) is 23.1 Å². The number of sulfonamides is 1. The molecule has 0 aromatic heterocycles. The standard InChI is InChI=1S/C20H17FN2O4S/c21-15-6-8-17(9-7-15)23-28(25,26)19-12-10-16(11-13-19)22-20(24)14-27-18-4-2-1-3-5-18/h1-13,23H,14H2,(H,22,24). The predicted molar refractivity (Wildman–Crippen MR) is 104 cm³/mol. The van der Waals surface area contributed by atoms with Crippen molar-refractivity contribution in [2.24, 2.45) is 0 Å². The molecule has 0 radical (unpaired) electrons. The highest BCUT2D eigenvalue weighted by Gasteiger charge is 2.14. The summed E-state index contributed by atoms with van der Waals surface area (Å²) in [5.74, 6) is -0.255. The molecule has 1 amide bonds. The first-order valence-electron chi connectivity index (χ1n) is 8.28. The van der Waals surface area contributed by atoms with Gasteiger partial charge in [-0.3, -0.25) is 9.52 Å². The summed E-state index contributed by atoms with van der Waals surface area (Å²) in [4.78, 5) is 11.9. The number of halogens is 1. The molecule has 0 aliphatic carbocycles. The third kappa shape index (κ3) is 5.31. The van der Waals surface area contributed by atoms with E-state index in [1.54, 1.807) is 24.3 Å². The van der Waals surface area contributed by atoms with Crippen LogP contribution in [0.3, 0.4) is 0 Å². The maximum absolute atomic E-state index is 12.9. The van der Waals surface area contributed by atoms with Gasteiger partial charge in [-0.15, -0.1) is 0 Å². The lowest BCUT2D eigenvalue weighted by Gasteiger charge is -2.10. The normalized spacial score (nSPS) is 10.9. The van der Waals surface area contributed by atoms with Gasteiger partial charge in [-0.1, -0.05) is 18.2 Å². The Bertz CT molecular complexity index is 1040. The van der Waals surface area contributed by atoms with Crippen LogP contribution in [-0.4, -0.2) is 20.9 Å². The van der Waals surface area contributed by atoms with Crippen molar-refractivity contribution in [2.75, 3.05) is 16.6 Å². The van der Waals surface area contributed by atoms with E-state index in [4.69, 9.17) is 4.74 Å². The van der Waals surface area contributed by atoms with Crippen LogP contribution in [0.1, 0.15) is 0 Å². The zero-order chi connectivity index (χ0) is 20.0. The molecule has 0 heterocycles. The molecule has 0 aliphatic heterocycles. The Balaban J connectivity index is 1.59. The number of hydrogen-bond donors (Lipinski definition) is 2. The van der Waals surface area contributed by atoms with E-state index in [1.807, 2.05) is 6.07 Å². The highest BCUT2D eigenvalue weighted by atomic mass is 32.2. The summed E-state index contributed by atoms with van der Waals surface area (Å²) in [5, 5.41) is 2.63. The fourth-order valence-corrected chi connectivity index (χ4v) is 3.37. The van der Waals surface area contributed by atoms with Gasteiger partial charge in [0, 0.05) is 11.4 Å². The van der Waals surface area contributed by atoms with Crippen LogP contribution in [0, 0.1) is 5.82 Å². The monoisotopic (exact) mass is 400 g/mol. The number of carbonyl (C=O) groups is 1. The van der Waals surface area contributed by atoms with Crippen LogP contribution >= 0.6 is 0 Å². The average Bonchev–Trinajstić information content (AvgIpc) is 2.69. The van der Waals surface area contributed by atoms with Crippen LogP contribution in [0.5, 0.6) is 5.75 Å². The fourth-order valence-electron chi connectivity index (χ4n) is 2.31. The maximum atomic E-state index is 12.9. The molecule has 8 heteroatoms. The number of ether oxygens (including phenoxy) is 1. The van der Waals surface area contributed by atoms with E-state index in [0.29, 0.717) is 11.4 Å². The SMILES string of the molecule is O=C(COc1ccccc1)Nc1ccc(S(=O)(=O)Nc2ccc(F)cc2)cc1. The molecule has 0 fully saturated rings. The first kappa shape index (κ1) is 19.4. The van der Waals surface area contributed by atoms with E-state index >= 15 is 0 Å². The number of para-hydroxylation sites is 1. The number of carbonyl (C=O) groups excluding carboxylic acids is 1. The summed E-state index contributed by atoms with van der Waals surface area (Å²) in [5.41, 5.74) is 0.680. The van der Waals surface area contributed by atoms with Crippen molar-refractivity contribution < 1.29 is 22.3 Å². The molecule has 3 aromatic rings. The number of amides is 1. The molecule has 0 aliphatic rings. The third-order valence-corrected chi connectivity index (χ3v) is 5.06. The van der Waals surface area contributed by atoms with Crippen LogP contribution in [0.2, 0.25) is 0 Å². The van der Waals surface area contributed by atoms with Crippen molar-refractivity contribution in [1.29, 1.82) is 0 Å². The number of benzene rings is 3. The van der Waals surface area contributed by atoms with Gasteiger partial charge in [0.25, 0.3) is 15.9 Å². The average molecular weight is 400 g/mol. The topological polar surface area (TPSA) is 84.5 Å². The van der Waals surface area contributed by atoms with Crippen molar-refractivity contribution in [3.8, 4) is 5.75 Å². The van der Waals surface area contributed by atoms with Crippen molar-refractivity contribution in [3.63, 3.8) is 0 Å². The molecule has 0 spiro atoms. The highest BCUT2D eigenvalue weighted by Crippen LogP contribution is 2.18. The van der Waals surface area contributed by atoms with Gasteiger partial charge in [-0.2, -0.15) is 0 Å². The number of hydrogen-bond acceptors (Lipinski definition) is 4. The van der Waals surface area contributed by atoms with Crippen LogP contribution in [-0.2, 0) is 14.8 Å². The minimum Gasteiger partial charge on any atom is -0.484 e. The second-order valence-electron chi connectivity index (χ2n) is 5.79. The van der Waals surface area contributed by atoms with Crippen molar-refractivity contribution in [1.82, 2.24) is 0 Å². The van der Waals surface area contributed by atoms with E-state index in [0.717, 1.165) is 12.1 Å². The van der Waals surface area contributed by atoms with Crippen molar-refractivity contribution in [3.05, 3.63) is 84.7 Å². The predicted octanol–water partition coefficient (Wildman–Crippen LogP) is 3.64. The Labute approximate surface area is 162 Å². The zero-order valence-electron chi connectivity index (χ0n) is 14.6. The lowest BCUT2D eigenvalue weighted by atomic mass is 10.3. The molecule has 0 saturated carbocycles. The minimum absolute atomic E-state index is 0.00959. The van der Waals surface area contributed by atoms with E-state index in [1.165, 1.54) is 36.4 Å². The second-order valence-corrected chi connectivity index (χ2v) is 7.47. The Morgan fingerprint density at radius 3 is 2.11 bits per heavy atom. The zero-order valence-corrected chi connectivity index (χ0v) is 15.4. The number of rotatable bonds is 7. The highest BCUT2D eigenvalue weighted by molar-refractivity contribution is 7.92. The molecule has 3 aromatic carbocycles. The van der Waals surface area contributed by atoms with Gasteiger partial charge >= 0.3 is 0 Å². The summed E-state index contributed by atoms with van der Waals surface area (Å²) in [7, 11) is -3.83. The van der Waals surface area contributed by atoms with Gasteiger partial charge in [0.1, 0.15) is 11.6 Å². The van der Waals surface area contributed by atoms with Crippen LogP contribution in [0.25, 0.3) is 0 Å². The molecule has 3 rings (SSSR count). The Morgan fingerprint density at radius 1 is 0.857 bits per heavy atom. The Hall–Kier alpha value is -3.39. The first-order valence-corrected chi connectivity index (χ1v) is 9.77. The van der Waals surface area contributed by atoms with Gasteiger partial charge in [-0.25, -0.2) is 12.8 Å². The van der Waals surface area contributed by atoms with Crippen LogP contribution in [0.15, 0.2) is 83.8 Å². The van der Waals surface area contributed by atoms with Crippen LogP contribution in [0.4, 0.5) is 15.8 Å². The molecular formula is C20H17FN2O4S. The van der Waals surface area contributed by atoms with Gasteiger partial charge in [0.05, 0.1) is 4.90 Å².